The Morgan fingerprint density at radius 2 is 2.00 bits per heavy atom. The molecular weight excluding hydrogens is 302 g/mol. The monoisotopic (exact) mass is 315 g/mol. The Kier molecular flexibility index (Phi) is 3.68. The molecule has 3 rings (SSSR count). The van der Waals surface area contributed by atoms with Crippen molar-refractivity contribution in [3.63, 3.8) is 0 Å². The Bertz CT molecular complexity index is 831. The van der Waals surface area contributed by atoms with Crippen LogP contribution in [0.3, 0.4) is 0 Å². The molecule has 0 spiro atoms. The predicted molar refractivity (Wildman–Crippen MR) is 85.3 cm³/mol. The van der Waals surface area contributed by atoms with Gasteiger partial charge in [-0.15, -0.1) is 5.10 Å². The number of hydrogen-bond acceptors (Lipinski definition) is 5. The average molecular weight is 316 g/mol. The van der Waals surface area contributed by atoms with E-state index in [1.165, 1.54) is 0 Å². The van der Waals surface area contributed by atoms with E-state index >= 15 is 0 Å². The maximum atomic E-state index is 6.08. The molecular formula is C15H14ClN5O. The molecule has 6 nitrogen and oxygen atoms in total. The van der Waals surface area contributed by atoms with Crippen LogP contribution in [0.25, 0.3) is 17.1 Å². The van der Waals surface area contributed by atoms with Crippen LogP contribution >= 0.6 is 11.6 Å². The Labute approximate surface area is 132 Å². The summed E-state index contributed by atoms with van der Waals surface area (Å²) in [5, 5.41) is 12.5. The van der Waals surface area contributed by atoms with Crippen molar-refractivity contribution in [2.75, 3.05) is 12.8 Å². The number of halogens is 1. The summed E-state index contributed by atoms with van der Waals surface area (Å²) in [7, 11) is 1.58. The zero-order valence-corrected chi connectivity index (χ0v) is 12.9. The number of tetrazole rings is 1. The summed E-state index contributed by atoms with van der Waals surface area (Å²) in [5.41, 5.74) is 9.14. The highest BCUT2D eigenvalue weighted by Gasteiger charge is 2.15. The van der Waals surface area contributed by atoms with Gasteiger partial charge >= 0.3 is 0 Å². The molecule has 0 saturated heterocycles. The molecule has 22 heavy (non-hydrogen) atoms. The third-order valence-electron chi connectivity index (χ3n) is 3.38. The van der Waals surface area contributed by atoms with Crippen molar-refractivity contribution in [3.05, 3.63) is 47.0 Å². The number of anilines is 1. The first-order valence-electron chi connectivity index (χ1n) is 6.59. The van der Waals surface area contributed by atoms with Crippen LogP contribution < -0.4 is 10.5 Å². The summed E-state index contributed by atoms with van der Waals surface area (Å²) < 4.78 is 6.94. The normalized spacial score (nSPS) is 10.7. The van der Waals surface area contributed by atoms with Crippen molar-refractivity contribution in [2.45, 2.75) is 6.92 Å². The van der Waals surface area contributed by atoms with Gasteiger partial charge in [-0.25, -0.2) is 0 Å². The summed E-state index contributed by atoms with van der Waals surface area (Å²) >= 11 is 6.08. The molecule has 2 aromatic carbocycles. The molecule has 0 aliphatic rings. The second-order valence-electron chi connectivity index (χ2n) is 4.80. The third-order valence-corrected chi connectivity index (χ3v) is 3.61. The van der Waals surface area contributed by atoms with Crippen molar-refractivity contribution in [2.24, 2.45) is 0 Å². The van der Waals surface area contributed by atoms with Gasteiger partial charge in [-0.05, 0) is 47.2 Å². The number of aryl methyl sites for hydroxylation is 1. The minimum absolute atomic E-state index is 0.562. The quantitative estimate of drug-likeness (QED) is 0.752. The SMILES string of the molecule is COc1ccc(Cl)cc1-n1nnnc1-c1ccc(C)c(N)c1. The van der Waals surface area contributed by atoms with Crippen LogP contribution in [0.1, 0.15) is 5.56 Å². The number of aromatic nitrogens is 4. The van der Waals surface area contributed by atoms with Crippen molar-refractivity contribution < 1.29 is 4.74 Å². The molecule has 0 unspecified atom stereocenters. The van der Waals surface area contributed by atoms with Gasteiger partial charge in [-0.2, -0.15) is 4.68 Å². The molecule has 0 bridgehead atoms. The first kappa shape index (κ1) is 14.3. The van der Waals surface area contributed by atoms with E-state index in [2.05, 4.69) is 15.5 Å². The van der Waals surface area contributed by atoms with Gasteiger partial charge < -0.3 is 10.5 Å². The number of nitrogens with zero attached hydrogens (tertiary/aromatic N) is 4. The van der Waals surface area contributed by atoms with Crippen LogP contribution in [0.2, 0.25) is 5.02 Å². The predicted octanol–water partition coefficient (Wildman–Crippen LogP) is 2.88. The van der Waals surface area contributed by atoms with E-state index in [0.29, 0.717) is 28.0 Å². The topological polar surface area (TPSA) is 78.8 Å². The second kappa shape index (κ2) is 5.65. The van der Waals surface area contributed by atoms with Gasteiger partial charge in [0.25, 0.3) is 0 Å². The summed E-state index contributed by atoms with van der Waals surface area (Å²) in [6, 6.07) is 11.0. The highest BCUT2D eigenvalue weighted by atomic mass is 35.5. The Balaban J connectivity index is 2.17. The lowest BCUT2D eigenvalue weighted by Crippen LogP contribution is -2.03. The largest absolute Gasteiger partial charge is 0.494 e. The van der Waals surface area contributed by atoms with Gasteiger partial charge in [0.15, 0.2) is 5.82 Å². The zero-order chi connectivity index (χ0) is 15.7. The maximum Gasteiger partial charge on any atom is 0.187 e. The Hall–Kier alpha value is -2.60. The standard InChI is InChI=1S/C15H14ClN5O/c1-9-3-4-10(7-12(9)17)15-18-19-20-21(15)13-8-11(16)5-6-14(13)22-2/h3-8H,17H2,1-2H3. The van der Waals surface area contributed by atoms with Crippen LogP contribution in [0.4, 0.5) is 5.69 Å². The van der Waals surface area contributed by atoms with E-state index in [1.54, 1.807) is 30.0 Å². The van der Waals surface area contributed by atoms with Gasteiger partial charge in [0.05, 0.1) is 7.11 Å². The molecule has 0 radical (unpaired) electrons. The van der Waals surface area contributed by atoms with Gasteiger partial charge in [0.2, 0.25) is 0 Å². The zero-order valence-electron chi connectivity index (χ0n) is 12.1. The number of ether oxygens (including phenoxy) is 1. The molecule has 0 atom stereocenters. The minimum atomic E-state index is 0.562. The first-order valence-corrected chi connectivity index (χ1v) is 6.96. The number of nitrogen functional groups attached to an aromatic ring is 1. The lowest BCUT2D eigenvalue weighted by Gasteiger charge is -2.10. The highest BCUT2D eigenvalue weighted by Crippen LogP contribution is 2.29. The number of nitrogens with two attached hydrogens (primary N) is 1. The van der Waals surface area contributed by atoms with E-state index in [1.807, 2.05) is 25.1 Å². The molecule has 0 aliphatic carbocycles. The Morgan fingerprint density at radius 3 is 2.73 bits per heavy atom. The smallest absolute Gasteiger partial charge is 0.187 e. The second-order valence-corrected chi connectivity index (χ2v) is 5.24. The van der Waals surface area contributed by atoms with E-state index in [9.17, 15) is 0 Å². The summed E-state index contributed by atoms with van der Waals surface area (Å²) in [4.78, 5) is 0. The highest BCUT2D eigenvalue weighted by molar-refractivity contribution is 6.30. The van der Waals surface area contributed by atoms with Gasteiger partial charge in [0.1, 0.15) is 11.4 Å². The van der Waals surface area contributed by atoms with Crippen molar-refractivity contribution in [3.8, 4) is 22.8 Å². The molecule has 0 amide bonds. The van der Waals surface area contributed by atoms with Crippen LogP contribution in [0.15, 0.2) is 36.4 Å². The van der Waals surface area contributed by atoms with Crippen LogP contribution in [0.5, 0.6) is 5.75 Å². The Morgan fingerprint density at radius 1 is 1.18 bits per heavy atom. The third kappa shape index (κ3) is 2.48. The van der Waals surface area contributed by atoms with Crippen LogP contribution in [-0.4, -0.2) is 27.3 Å². The molecule has 1 aromatic heterocycles. The fourth-order valence-electron chi connectivity index (χ4n) is 2.14. The van der Waals surface area contributed by atoms with Gasteiger partial charge in [-0.3, -0.25) is 0 Å². The lowest BCUT2D eigenvalue weighted by molar-refractivity contribution is 0.411. The number of rotatable bonds is 3. The fourth-order valence-corrected chi connectivity index (χ4v) is 2.30. The first-order chi connectivity index (χ1) is 10.6. The van der Waals surface area contributed by atoms with Crippen LogP contribution in [-0.2, 0) is 0 Å². The van der Waals surface area contributed by atoms with Gasteiger partial charge in [-0.1, -0.05) is 23.7 Å². The molecule has 0 fully saturated rings. The fraction of sp³-hybridized carbons (Fsp3) is 0.133. The maximum absolute atomic E-state index is 6.08. The molecule has 0 aliphatic heterocycles. The number of benzene rings is 2. The molecule has 1 heterocycles. The van der Waals surface area contributed by atoms with Crippen LogP contribution in [0, 0.1) is 6.92 Å². The van der Waals surface area contributed by atoms with Crippen molar-refractivity contribution >= 4 is 17.3 Å². The van der Waals surface area contributed by atoms with E-state index in [4.69, 9.17) is 22.1 Å². The molecule has 3 aromatic rings. The minimum Gasteiger partial charge on any atom is -0.494 e. The summed E-state index contributed by atoms with van der Waals surface area (Å²) in [5.74, 6) is 1.19. The molecule has 7 heteroatoms. The number of hydrogen-bond donors (Lipinski definition) is 1. The van der Waals surface area contributed by atoms with E-state index in [-0.39, 0.29) is 0 Å². The van der Waals surface area contributed by atoms with Gasteiger partial charge in [0, 0.05) is 16.3 Å². The number of methoxy groups -OCH3 is 1. The summed E-state index contributed by atoms with van der Waals surface area (Å²) in [6.45, 7) is 1.95. The molecule has 2 N–H and O–H groups in total. The van der Waals surface area contributed by atoms with E-state index in [0.717, 1.165) is 11.1 Å². The molecule has 112 valence electrons. The lowest BCUT2D eigenvalue weighted by atomic mass is 10.1. The van der Waals surface area contributed by atoms with E-state index < -0.39 is 0 Å². The summed E-state index contributed by atoms with van der Waals surface area (Å²) in [6.07, 6.45) is 0. The van der Waals surface area contributed by atoms with Crippen molar-refractivity contribution in [1.29, 1.82) is 0 Å². The molecule has 0 saturated carbocycles. The van der Waals surface area contributed by atoms with Crippen molar-refractivity contribution in [1.82, 2.24) is 20.2 Å². The average Bonchev–Trinajstić information content (AvgIpc) is 2.99.